The number of carbonyl (C=O) groups excluding carboxylic acids is 2. The fourth-order valence-corrected chi connectivity index (χ4v) is 2.62. The summed E-state index contributed by atoms with van der Waals surface area (Å²) in [7, 11) is 0. The van der Waals surface area contributed by atoms with E-state index in [9.17, 15) is 9.59 Å². The van der Waals surface area contributed by atoms with E-state index in [0.29, 0.717) is 13.0 Å². The molecule has 22 heavy (non-hydrogen) atoms. The lowest BCUT2D eigenvalue weighted by molar-refractivity contribution is -0.129. The Morgan fingerprint density at radius 3 is 2.36 bits per heavy atom. The van der Waals surface area contributed by atoms with Crippen LogP contribution in [0.3, 0.4) is 0 Å². The third-order valence-corrected chi connectivity index (χ3v) is 3.95. The molecule has 1 aliphatic rings. The lowest BCUT2D eigenvalue weighted by atomic mass is 10.1. The predicted octanol–water partition coefficient (Wildman–Crippen LogP) is 3.75. The molecule has 0 spiro atoms. The molecule has 0 aliphatic carbocycles. The monoisotopic (exact) mass is 312 g/mol. The molecule has 1 heterocycles. The van der Waals surface area contributed by atoms with Crippen molar-refractivity contribution in [2.24, 2.45) is 5.92 Å². The number of unbranched alkanes of at least 4 members (excludes halogenated alkanes) is 5. The van der Waals surface area contributed by atoms with Crippen molar-refractivity contribution in [1.82, 2.24) is 10.2 Å². The maximum absolute atomic E-state index is 12.0. The van der Waals surface area contributed by atoms with Crippen LogP contribution in [0.4, 0.5) is 0 Å². The fourth-order valence-electron chi connectivity index (χ4n) is 2.62. The standard InChI is InChI=1S/C16H30N2O2.C2H6/c1-3-5-7-8-10-17-16(20)14-12-15(19)18(13-14)11-9-6-4-2;1-2/h14H,3-13H2,1-2H3,(H,17,20);1-2H3. The van der Waals surface area contributed by atoms with Crippen molar-refractivity contribution in [1.29, 1.82) is 0 Å². The minimum atomic E-state index is -0.129. The maximum atomic E-state index is 12.0. The average molecular weight is 312 g/mol. The molecule has 1 atom stereocenters. The zero-order valence-corrected chi connectivity index (χ0v) is 15.1. The Morgan fingerprint density at radius 1 is 1.09 bits per heavy atom. The second-order valence-electron chi connectivity index (χ2n) is 5.80. The summed E-state index contributed by atoms with van der Waals surface area (Å²) in [5.41, 5.74) is 0. The first kappa shape index (κ1) is 20.9. The Morgan fingerprint density at radius 2 is 1.73 bits per heavy atom. The molecule has 2 amide bonds. The number of hydrogen-bond acceptors (Lipinski definition) is 2. The number of carbonyl (C=O) groups is 2. The van der Waals surface area contributed by atoms with Gasteiger partial charge in [-0.3, -0.25) is 9.59 Å². The van der Waals surface area contributed by atoms with E-state index in [1.807, 2.05) is 18.7 Å². The van der Waals surface area contributed by atoms with Gasteiger partial charge in [-0.25, -0.2) is 0 Å². The molecule has 4 nitrogen and oxygen atoms in total. The minimum absolute atomic E-state index is 0.0628. The molecular weight excluding hydrogens is 276 g/mol. The summed E-state index contributed by atoms with van der Waals surface area (Å²) in [6, 6.07) is 0. The van der Waals surface area contributed by atoms with E-state index in [2.05, 4.69) is 19.2 Å². The van der Waals surface area contributed by atoms with Gasteiger partial charge in [0.1, 0.15) is 0 Å². The Hall–Kier alpha value is -1.06. The van der Waals surface area contributed by atoms with Crippen molar-refractivity contribution < 1.29 is 9.59 Å². The van der Waals surface area contributed by atoms with E-state index in [1.54, 1.807) is 0 Å². The van der Waals surface area contributed by atoms with Crippen molar-refractivity contribution in [3.8, 4) is 0 Å². The molecule has 1 aliphatic heterocycles. The first-order chi connectivity index (χ1) is 10.7. The van der Waals surface area contributed by atoms with Crippen LogP contribution in [0.25, 0.3) is 0 Å². The van der Waals surface area contributed by atoms with Gasteiger partial charge >= 0.3 is 0 Å². The second kappa shape index (κ2) is 13.6. The summed E-state index contributed by atoms with van der Waals surface area (Å²) < 4.78 is 0. The highest BCUT2D eigenvalue weighted by Crippen LogP contribution is 2.18. The van der Waals surface area contributed by atoms with Crippen LogP contribution < -0.4 is 5.32 Å². The number of nitrogens with one attached hydrogen (secondary N) is 1. The lowest BCUT2D eigenvalue weighted by Gasteiger charge is -2.16. The van der Waals surface area contributed by atoms with Gasteiger partial charge < -0.3 is 10.2 Å². The van der Waals surface area contributed by atoms with Crippen LogP contribution >= 0.6 is 0 Å². The molecule has 0 aromatic rings. The maximum Gasteiger partial charge on any atom is 0.225 e. The predicted molar refractivity (Wildman–Crippen MR) is 92.7 cm³/mol. The summed E-state index contributed by atoms with van der Waals surface area (Å²) in [6.07, 6.45) is 8.40. The molecule has 1 N–H and O–H groups in total. The number of rotatable bonds is 10. The van der Waals surface area contributed by atoms with Gasteiger partial charge in [-0.05, 0) is 12.8 Å². The van der Waals surface area contributed by atoms with Crippen LogP contribution in [0.15, 0.2) is 0 Å². The van der Waals surface area contributed by atoms with E-state index >= 15 is 0 Å². The molecule has 0 bridgehead atoms. The van der Waals surface area contributed by atoms with Crippen LogP contribution in [0.2, 0.25) is 0 Å². The van der Waals surface area contributed by atoms with Gasteiger partial charge in [-0.15, -0.1) is 0 Å². The van der Waals surface area contributed by atoms with Crippen molar-refractivity contribution in [3.05, 3.63) is 0 Å². The average Bonchev–Trinajstić information content (AvgIpc) is 2.90. The van der Waals surface area contributed by atoms with Gasteiger partial charge in [-0.1, -0.05) is 59.8 Å². The zero-order chi connectivity index (χ0) is 16.8. The van der Waals surface area contributed by atoms with E-state index < -0.39 is 0 Å². The first-order valence-corrected chi connectivity index (χ1v) is 9.24. The highest BCUT2D eigenvalue weighted by molar-refractivity contribution is 5.89. The van der Waals surface area contributed by atoms with E-state index in [4.69, 9.17) is 0 Å². The molecular formula is C18H36N2O2. The summed E-state index contributed by atoms with van der Waals surface area (Å²) in [5, 5.41) is 2.97. The smallest absolute Gasteiger partial charge is 0.225 e. The Bertz CT molecular complexity index is 305. The Kier molecular flexibility index (Phi) is 12.9. The topological polar surface area (TPSA) is 49.4 Å². The second-order valence-corrected chi connectivity index (χ2v) is 5.80. The molecule has 130 valence electrons. The molecule has 0 aromatic heterocycles. The van der Waals surface area contributed by atoms with Crippen molar-refractivity contribution in [2.75, 3.05) is 19.6 Å². The molecule has 1 saturated heterocycles. The van der Waals surface area contributed by atoms with Crippen molar-refractivity contribution in [2.45, 2.75) is 79.1 Å². The van der Waals surface area contributed by atoms with Crippen LogP contribution in [-0.4, -0.2) is 36.3 Å². The largest absolute Gasteiger partial charge is 0.356 e. The molecule has 1 unspecified atom stereocenters. The summed E-state index contributed by atoms with van der Waals surface area (Å²) in [4.78, 5) is 25.7. The number of hydrogen-bond donors (Lipinski definition) is 1. The Labute approximate surface area is 137 Å². The summed E-state index contributed by atoms with van der Waals surface area (Å²) in [5.74, 6) is 0.0791. The van der Waals surface area contributed by atoms with Crippen LogP contribution in [-0.2, 0) is 9.59 Å². The molecule has 0 aromatic carbocycles. The van der Waals surface area contributed by atoms with Crippen molar-refractivity contribution in [3.63, 3.8) is 0 Å². The normalized spacial score (nSPS) is 17.2. The fraction of sp³-hybridized carbons (Fsp3) is 0.889. The molecule has 1 rings (SSSR count). The zero-order valence-electron chi connectivity index (χ0n) is 15.1. The minimum Gasteiger partial charge on any atom is -0.356 e. The number of likely N-dealkylation sites (tertiary alicyclic amines) is 1. The molecule has 4 heteroatoms. The highest BCUT2D eigenvalue weighted by atomic mass is 16.2. The summed E-state index contributed by atoms with van der Waals surface area (Å²) in [6.45, 7) is 10.5. The first-order valence-electron chi connectivity index (χ1n) is 9.24. The van der Waals surface area contributed by atoms with Gasteiger partial charge in [0.25, 0.3) is 0 Å². The molecule has 0 radical (unpaired) electrons. The molecule has 1 fully saturated rings. The number of amides is 2. The van der Waals surface area contributed by atoms with Crippen molar-refractivity contribution >= 4 is 11.8 Å². The van der Waals surface area contributed by atoms with Crippen LogP contribution in [0.1, 0.15) is 79.1 Å². The molecule has 0 saturated carbocycles. The SMILES string of the molecule is CC.CCCCCCNC(=O)C1CC(=O)N(CCCCC)C1. The van der Waals surface area contributed by atoms with Gasteiger partial charge in [0.15, 0.2) is 0 Å². The summed E-state index contributed by atoms with van der Waals surface area (Å²) >= 11 is 0. The van der Waals surface area contributed by atoms with Crippen LogP contribution in [0, 0.1) is 5.92 Å². The van der Waals surface area contributed by atoms with E-state index in [-0.39, 0.29) is 17.7 Å². The Balaban J connectivity index is 0.00000211. The van der Waals surface area contributed by atoms with Gasteiger partial charge in [0.2, 0.25) is 11.8 Å². The van der Waals surface area contributed by atoms with Gasteiger partial charge in [0.05, 0.1) is 5.92 Å². The third-order valence-electron chi connectivity index (χ3n) is 3.95. The quantitative estimate of drug-likeness (QED) is 0.625. The van der Waals surface area contributed by atoms with Gasteiger partial charge in [-0.2, -0.15) is 0 Å². The van der Waals surface area contributed by atoms with E-state index in [0.717, 1.165) is 38.8 Å². The highest BCUT2D eigenvalue weighted by Gasteiger charge is 2.33. The lowest BCUT2D eigenvalue weighted by Crippen LogP contribution is -2.33. The van der Waals surface area contributed by atoms with E-state index in [1.165, 1.54) is 19.3 Å². The third kappa shape index (κ3) is 8.40. The number of nitrogens with zero attached hydrogens (tertiary/aromatic N) is 1. The van der Waals surface area contributed by atoms with Gasteiger partial charge in [0, 0.05) is 26.1 Å². The van der Waals surface area contributed by atoms with Crippen LogP contribution in [0.5, 0.6) is 0 Å².